The molecule has 0 unspecified atom stereocenters. The average Bonchev–Trinajstić information content (AvgIpc) is 2.08. The fourth-order valence-electron chi connectivity index (χ4n) is 0.701. The maximum absolute atomic E-state index is 10.6. The molecule has 4 nitrogen and oxygen atoms in total. The zero-order chi connectivity index (χ0) is 11.0. The molecule has 0 heterocycles. The van der Waals surface area contributed by atoms with Crippen molar-refractivity contribution in [2.45, 2.75) is 0 Å². The summed E-state index contributed by atoms with van der Waals surface area (Å²) in [6, 6.07) is 0. The second-order valence-electron chi connectivity index (χ2n) is 4.00. The van der Waals surface area contributed by atoms with E-state index >= 15 is 0 Å². The van der Waals surface area contributed by atoms with E-state index in [1.54, 1.807) is 0 Å². The molecule has 0 aliphatic carbocycles. The Hall–Kier alpha value is -0.870. The lowest BCUT2D eigenvalue weighted by molar-refractivity contribution is -0.870. The first-order chi connectivity index (χ1) is 6.45. The molecule has 82 valence electrons. The second kappa shape index (κ2) is 6.56. The maximum atomic E-state index is 10.6. The highest BCUT2D eigenvalue weighted by Crippen LogP contribution is 1.89. The molecule has 4 heteroatoms. The van der Waals surface area contributed by atoms with E-state index < -0.39 is 5.97 Å². The van der Waals surface area contributed by atoms with Gasteiger partial charge in [0.25, 0.3) is 0 Å². The van der Waals surface area contributed by atoms with Gasteiger partial charge in [-0.05, 0) is 0 Å². The summed E-state index contributed by atoms with van der Waals surface area (Å²) < 4.78 is 10.9. The van der Waals surface area contributed by atoms with E-state index in [2.05, 4.69) is 27.7 Å². The third-order valence-corrected chi connectivity index (χ3v) is 1.55. The first kappa shape index (κ1) is 13.1. The van der Waals surface area contributed by atoms with Crippen molar-refractivity contribution in [3.8, 4) is 0 Å². The van der Waals surface area contributed by atoms with Gasteiger partial charge in [-0.25, -0.2) is 4.79 Å². The number of hydrogen-bond acceptors (Lipinski definition) is 3. The van der Waals surface area contributed by atoms with Gasteiger partial charge in [-0.1, -0.05) is 6.58 Å². The summed E-state index contributed by atoms with van der Waals surface area (Å²) in [6.07, 6.45) is 1.14. The largest absolute Gasteiger partial charge is 0.460 e. The standard InChI is InChI=1S/C10H20NO3/c1-5-10(12)14-9-8-13-7-6-11(2,3)4/h5H,1,6-9H2,2-4H3/q+1. The summed E-state index contributed by atoms with van der Waals surface area (Å²) >= 11 is 0. The van der Waals surface area contributed by atoms with Crippen LogP contribution >= 0.6 is 0 Å². The normalized spacial score (nSPS) is 11.1. The Morgan fingerprint density at radius 1 is 1.29 bits per heavy atom. The third-order valence-electron chi connectivity index (χ3n) is 1.55. The van der Waals surface area contributed by atoms with Crippen molar-refractivity contribution in [2.24, 2.45) is 0 Å². The van der Waals surface area contributed by atoms with Gasteiger partial charge in [0.15, 0.2) is 0 Å². The zero-order valence-electron chi connectivity index (χ0n) is 9.28. The van der Waals surface area contributed by atoms with Crippen molar-refractivity contribution in [2.75, 3.05) is 47.5 Å². The lowest BCUT2D eigenvalue weighted by atomic mass is 10.5. The molecule has 0 saturated heterocycles. The Morgan fingerprint density at radius 3 is 2.43 bits per heavy atom. The van der Waals surface area contributed by atoms with E-state index in [4.69, 9.17) is 9.47 Å². The van der Waals surface area contributed by atoms with Crippen LogP contribution in [0.25, 0.3) is 0 Å². The molecule has 0 aromatic heterocycles. The predicted octanol–water partition coefficient (Wildman–Crippen LogP) is 0.438. The smallest absolute Gasteiger partial charge is 0.330 e. The Labute approximate surface area is 85.7 Å². The number of quaternary nitrogens is 1. The van der Waals surface area contributed by atoms with Gasteiger partial charge in [0.2, 0.25) is 0 Å². The summed E-state index contributed by atoms with van der Waals surface area (Å²) in [6.45, 7) is 5.64. The van der Waals surface area contributed by atoms with Gasteiger partial charge >= 0.3 is 5.97 Å². The molecule has 0 saturated carbocycles. The first-order valence-corrected chi connectivity index (χ1v) is 4.63. The second-order valence-corrected chi connectivity index (χ2v) is 4.00. The molecule has 0 aliphatic rings. The SMILES string of the molecule is C=CC(=O)OCCOCC[N+](C)(C)C. The molecule has 0 rings (SSSR count). The van der Waals surface area contributed by atoms with Crippen molar-refractivity contribution in [3.05, 3.63) is 12.7 Å². The summed E-state index contributed by atoms with van der Waals surface area (Å²) in [5.41, 5.74) is 0. The van der Waals surface area contributed by atoms with Crippen molar-refractivity contribution < 1.29 is 18.8 Å². The molecule has 0 spiro atoms. The molecule has 0 aromatic carbocycles. The first-order valence-electron chi connectivity index (χ1n) is 4.63. The van der Waals surface area contributed by atoms with E-state index in [0.717, 1.165) is 17.1 Å². The minimum atomic E-state index is -0.403. The molecule has 0 N–H and O–H groups in total. The Balaban J connectivity index is 3.22. The number of carbonyl (C=O) groups excluding carboxylic acids is 1. The molecule has 0 amide bonds. The van der Waals surface area contributed by atoms with Crippen LogP contribution in [-0.2, 0) is 14.3 Å². The summed E-state index contributed by atoms with van der Waals surface area (Å²) in [5.74, 6) is -0.403. The minimum Gasteiger partial charge on any atom is -0.460 e. The van der Waals surface area contributed by atoms with Crippen LogP contribution in [-0.4, -0.2) is 58.0 Å². The molecule has 0 radical (unpaired) electrons. The Bertz CT molecular complexity index is 184. The molecule has 0 aliphatic heterocycles. The highest BCUT2D eigenvalue weighted by atomic mass is 16.6. The summed E-state index contributed by atoms with van der Waals surface area (Å²) in [5, 5.41) is 0. The van der Waals surface area contributed by atoms with Gasteiger partial charge in [-0.2, -0.15) is 0 Å². The molecule has 14 heavy (non-hydrogen) atoms. The molecular formula is C10H20NO3+. The molecule has 0 atom stereocenters. The van der Waals surface area contributed by atoms with Crippen LogP contribution in [0, 0.1) is 0 Å². The van der Waals surface area contributed by atoms with Crippen LogP contribution in [0.3, 0.4) is 0 Å². The van der Waals surface area contributed by atoms with Crippen molar-refractivity contribution in [3.63, 3.8) is 0 Å². The lowest BCUT2D eigenvalue weighted by Crippen LogP contribution is -2.37. The zero-order valence-corrected chi connectivity index (χ0v) is 9.28. The fraction of sp³-hybridized carbons (Fsp3) is 0.700. The van der Waals surface area contributed by atoms with Crippen LogP contribution in [0.1, 0.15) is 0 Å². The van der Waals surface area contributed by atoms with E-state index in [9.17, 15) is 4.79 Å². The van der Waals surface area contributed by atoms with Crippen LogP contribution in [0.15, 0.2) is 12.7 Å². The van der Waals surface area contributed by atoms with Gasteiger partial charge in [-0.15, -0.1) is 0 Å². The molecular weight excluding hydrogens is 182 g/mol. The van der Waals surface area contributed by atoms with Crippen LogP contribution in [0.5, 0.6) is 0 Å². The predicted molar refractivity (Wildman–Crippen MR) is 54.9 cm³/mol. The van der Waals surface area contributed by atoms with Gasteiger partial charge < -0.3 is 14.0 Å². The highest BCUT2D eigenvalue weighted by molar-refractivity contribution is 5.81. The lowest BCUT2D eigenvalue weighted by Gasteiger charge is -2.23. The van der Waals surface area contributed by atoms with E-state index in [1.807, 2.05) is 0 Å². The quantitative estimate of drug-likeness (QED) is 0.260. The number of carbonyl (C=O) groups is 1. The molecule has 0 fully saturated rings. The van der Waals surface area contributed by atoms with E-state index in [0.29, 0.717) is 19.8 Å². The number of nitrogens with zero attached hydrogens (tertiary/aromatic N) is 1. The third kappa shape index (κ3) is 9.22. The van der Waals surface area contributed by atoms with Crippen LogP contribution < -0.4 is 0 Å². The van der Waals surface area contributed by atoms with E-state index in [1.165, 1.54) is 0 Å². The van der Waals surface area contributed by atoms with Gasteiger partial charge in [0, 0.05) is 6.08 Å². The number of likely N-dealkylation sites (N-methyl/N-ethyl adjacent to an activating group) is 1. The minimum absolute atomic E-state index is 0.294. The van der Waals surface area contributed by atoms with Crippen LogP contribution in [0.4, 0.5) is 0 Å². The average molecular weight is 202 g/mol. The van der Waals surface area contributed by atoms with Gasteiger partial charge in [0.1, 0.15) is 13.2 Å². The number of rotatable bonds is 7. The number of esters is 1. The molecule has 0 aromatic rings. The number of ether oxygens (including phenoxy) is 2. The monoisotopic (exact) mass is 202 g/mol. The Kier molecular flexibility index (Phi) is 6.16. The highest BCUT2D eigenvalue weighted by Gasteiger charge is 2.05. The van der Waals surface area contributed by atoms with Crippen molar-refractivity contribution >= 4 is 5.97 Å². The fourth-order valence-corrected chi connectivity index (χ4v) is 0.701. The van der Waals surface area contributed by atoms with E-state index in [-0.39, 0.29) is 0 Å². The summed E-state index contributed by atoms with van der Waals surface area (Å²) in [4.78, 5) is 10.6. The maximum Gasteiger partial charge on any atom is 0.330 e. The van der Waals surface area contributed by atoms with Crippen molar-refractivity contribution in [1.82, 2.24) is 0 Å². The molecule has 0 bridgehead atoms. The Morgan fingerprint density at radius 2 is 1.93 bits per heavy atom. The van der Waals surface area contributed by atoms with Gasteiger partial charge in [-0.3, -0.25) is 0 Å². The van der Waals surface area contributed by atoms with Crippen LogP contribution in [0.2, 0.25) is 0 Å². The van der Waals surface area contributed by atoms with Crippen molar-refractivity contribution in [1.29, 1.82) is 0 Å². The topological polar surface area (TPSA) is 35.5 Å². The number of hydrogen-bond donors (Lipinski definition) is 0. The summed E-state index contributed by atoms with van der Waals surface area (Å²) in [7, 11) is 6.29. The van der Waals surface area contributed by atoms with Gasteiger partial charge in [0.05, 0.1) is 34.4 Å².